The van der Waals surface area contributed by atoms with E-state index < -0.39 is 11.5 Å². The third-order valence-electron chi connectivity index (χ3n) is 7.83. The Morgan fingerprint density at radius 2 is 1.41 bits per heavy atom. The molecule has 3 amide bonds. The summed E-state index contributed by atoms with van der Waals surface area (Å²) >= 11 is 0. The number of aromatic nitrogens is 4. The number of hydrogen-bond donors (Lipinski definition) is 5. The molecule has 2 aromatic carbocycles. The highest BCUT2D eigenvalue weighted by Crippen LogP contribution is 2.30. The van der Waals surface area contributed by atoms with Crippen molar-refractivity contribution in [3.05, 3.63) is 120 Å². The summed E-state index contributed by atoms with van der Waals surface area (Å²) in [7, 11) is 0. The Hall–Kier alpha value is -6.83. The molecule has 0 saturated heterocycles. The molecule has 6 rings (SSSR count). The molecule has 3 aliphatic heterocycles. The van der Waals surface area contributed by atoms with Gasteiger partial charge in [-0.1, -0.05) is 18.2 Å². The van der Waals surface area contributed by atoms with E-state index in [2.05, 4.69) is 30.8 Å². The molecule has 14 nitrogen and oxygen atoms in total. The predicted octanol–water partition coefficient (Wildman–Crippen LogP) is 2.84. The first-order valence-corrected chi connectivity index (χ1v) is 15.0. The lowest BCUT2D eigenvalue weighted by Crippen LogP contribution is -2.38. The number of pyridine rings is 2. The SMILES string of the molecule is CC(=O)Nc1ccc(N2N=c3[nH]c(=O)\c(=C/C=C/C=C/c4c(O)[nH]c5nn(-c6ccc(NC(C)=O)cc6)c(=O)c-5c4C)c(C)c3C2=O)cc1. The fourth-order valence-corrected chi connectivity index (χ4v) is 5.53. The van der Waals surface area contributed by atoms with E-state index in [-0.39, 0.29) is 45.3 Å². The number of rotatable bonds is 7. The van der Waals surface area contributed by atoms with Gasteiger partial charge in [-0.2, -0.15) is 9.69 Å². The zero-order valence-corrected chi connectivity index (χ0v) is 26.8. The van der Waals surface area contributed by atoms with Crippen molar-refractivity contribution in [1.29, 1.82) is 0 Å². The minimum Gasteiger partial charge on any atom is -0.494 e. The smallest absolute Gasteiger partial charge is 0.282 e. The van der Waals surface area contributed by atoms with E-state index in [9.17, 15) is 29.1 Å². The molecule has 0 radical (unpaired) electrons. The molecule has 49 heavy (non-hydrogen) atoms. The summed E-state index contributed by atoms with van der Waals surface area (Å²) in [5, 5.41) is 26.2. The van der Waals surface area contributed by atoms with Crippen LogP contribution in [0.5, 0.6) is 5.88 Å². The van der Waals surface area contributed by atoms with Gasteiger partial charge >= 0.3 is 0 Å². The summed E-state index contributed by atoms with van der Waals surface area (Å²) in [6, 6.07) is 13.2. The van der Waals surface area contributed by atoms with E-state index in [1.165, 1.54) is 23.5 Å². The maximum atomic E-state index is 13.3. The van der Waals surface area contributed by atoms with Crippen LogP contribution >= 0.6 is 0 Å². The van der Waals surface area contributed by atoms with E-state index >= 15 is 0 Å². The quantitative estimate of drug-likeness (QED) is 0.166. The van der Waals surface area contributed by atoms with Crippen molar-refractivity contribution < 1.29 is 19.5 Å². The number of aromatic amines is 2. The highest BCUT2D eigenvalue weighted by molar-refractivity contribution is 6.08. The van der Waals surface area contributed by atoms with Crippen LogP contribution in [-0.2, 0) is 9.59 Å². The fraction of sp³-hybridized carbons (Fsp3) is 0.114. The van der Waals surface area contributed by atoms with Gasteiger partial charge in [-0.3, -0.25) is 24.0 Å². The van der Waals surface area contributed by atoms with Crippen LogP contribution < -0.4 is 37.5 Å². The summed E-state index contributed by atoms with van der Waals surface area (Å²) in [6.45, 7) is 6.18. The molecule has 0 saturated carbocycles. The molecule has 0 fully saturated rings. The van der Waals surface area contributed by atoms with Gasteiger partial charge in [-0.15, -0.1) is 10.2 Å². The molecule has 0 bridgehead atoms. The molecule has 3 aromatic rings. The van der Waals surface area contributed by atoms with Crippen molar-refractivity contribution in [2.75, 3.05) is 15.6 Å². The zero-order valence-electron chi connectivity index (χ0n) is 26.8. The monoisotopic (exact) mass is 658 g/mol. The Labute approximate surface area is 277 Å². The third-order valence-corrected chi connectivity index (χ3v) is 7.83. The van der Waals surface area contributed by atoms with Crippen molar-refractivity contribution in [2.45, 2.75) is 27.7 Å². The van der Waals surface area contributed by atoms with Gasteiger partial charge < -0.3 is 25.7 Å². The number of amides is 3. The Morgan fingerprint density at radius 3 is 2.02 bits per heavy atom. The molecule has 3 aliphatic rings. The first-order chi connectivity index (χ1) is 23.4. The molecule has 246 valence electrons. The largest absolute Gasteiger partial charge is 0.494 e. The van der Waals surface area contributed by atoms with Crippen molar-refractivity contribution in [1.82, 2.24) is 19.7 Å². The lowest BCUT2D eigenvalue weighted by molar-refractivity contribution is -0.115. The van der Waals surface area contributed by atoms with Gasteiger partial charge in [-0.25, -0.2) is 0 Å². The van der Waals surface area contributed by atoms with Gasteiger partial charge in [0, 0.05) is 36.0 Å². The number of aromatic hydroxyl groups is 1. The summed E-state index contributed by atoms with van der Waals surface area (Å²) < 4.78 is 1.21. The average Bonchev–Trinajstić information content (AvgIpc) is 3.55. The second-order valence-corrected chi connectivity index (χ2v) is 11.3. The van der Waals surface area contributed by atoms with Crippen LogP contribution in [0.25, 0.3) is 29.2 Å². The summed E-state index contributed by atoms with van der Waals surface area (Å²) in [4.78, 5) is 67.7. The van der Waals surface area contributed by atoms with Crippen LogP contribution in [0.4, 0.5) is 17.1 Å². The van der Waals surface area contributed by atoms with Crippen LogP contribution in [0.3, 0.4) is 0 Å². The molecular weight excluding hydrogens is 628 g/mol. The second kappa shape index (κ2) is 12.8. The number of carbonyl (C=O) groups excluding carboxylic acids is 3. The third kappa shape index (κ3) is 6.17. The molecular formula is C35H30N8O6. The first-order valence-electron chi connectivity index (χ1n) is 15.0. The van der Waals surface area contributed by atoms with Gasteiger partial charge in [0.15, 0.2) is 17.2 Å². The van der Waals surface area contributed by atoms with Gasteiger partial charge in [0.1, 0.15) is 0 Å². The van der Waals surface area contributed by atoms with Crippen LogP contribution in [0, 0.1) is 13.8 Å². The van der Waals surface area contributed by atoms with E-state index in [1.807, 2.05) is 0 Å². The Kier molecular flexibility index (Phi) is 8.36. The lowest BCUT2D eigenvalue weighted by atomic mass is 10.0. The highest BCUT2D eigenvalue weighted by atomic mass is 16.3. The number of carbonyl (C=O) groups is 3. The molecule has 1 aromatic heterocycles. The maximum absolute atomic E-state index is 13.3. The number of allylic oxidation sites excluding steroid dienone is 3. The topological polar surface area (TPSA) is 195 Å². The lowest BCUT2D eigenvalue weighted by Gasteiger charge is -2.13. The van der Waals surface area contributed by atoms with E-state index in [0.717, 1.165) is 0 Å². The number of H-pyrrole nitrogens is 2. The number of anilines is 3. The molecule has 0 aliphatic carbocycles. The molecule has 5 N–H and O–H groups in total. The van der Waals surface area contributed by atoms with E-state index in [4.69, 9.17) is 0 Å². The van der Waals surface area contributed by atoms with Crippen LogP contribution in [0.2, 0.25) is 0 Å². The zero-order chi connectivity index (χ0) is 35.0. The van der Waals surface area contributed by atoms with Gasteiger partial charge in [-0.05, 0) is 85.7 Å². The Morgan fingerprint density at radius 1 is 0.796 bits per heavy atom. The fourth-order valence-electron chi connectivity index (χ4n) is 5.53. The maximum Gasteiger partial charge on any atom is 0.282 e. The number of hydrogen-bond acceptors (Lipinski definition) is 8. The average molecular weight is 659 g/mol. The van der Waals surface area contributed by atoms with Gasteiger partial charge in [0.2, 0.25) is 11.8 Å². The van der Waals surface area contributed by atoms with Crippen LogP contribution in [-0.4, -0.2) is 42.6 Å². The normalized spacial score (nSPS) is 13.0. The van der Waals surface area contributed by atoms with Crippen LogP contribution in [0.1, 0.15) is 40.9 Å². The standard InChI is InChI=1S/C35H30N8O6/c1-18-26(32(46)38-30-28(18)34(48)42(40-30)24-14-10-22(11-15-24)36-20(3)44)8-6-5-7-9-27-19(2)29-31(39-33(27)47)41-43(35(29)49)25-16-12-23(13-17-25)37-21(4)45/h5-17H,1-4H3,(H,36,44)(H,37,45)(H,38,40,46)(H2,39,41,47)/b6-5+,9-7+,26-8-. The molecule has 0 unspecified atom stereocenters. The summed E-state index contributed by atoms with van der Waals surface area (Å²) in [6.07, 6.45) is 8.07. The molecule has 0 atom stereocenters. The number of nitrogens with one attached hydrogen (secondary N) is 4. The first kappa shape index (κ1) is 32.1. The minimum atomic E-state index is -0.428. The molecule has 0 spiro atoms. The van der Waals surface area contributed by atoms with E-state index in [1.54, 1.807) is 92.8 Å². The van der Waals surface area contributed by atoms with Gasteiger partial charge in [0.05, 0.1) is 22.5 Å². The van der Waals surface area contributed by atoms with Crippen molar-refractivity contribution in [3.63, 3.8) is 0 Å². The Balaban J connectivity index is 1.24. The number of benzene rings is 2. The molecule has 4 heterocycles. The van der Waals surface area contributed by atoms with Crippen molar-refractivity contribution in [3.8, 4) is 23.0 Å². The minimum absolute atomic E-state index is 0.153. The predicted molar refractivity (Wildman–Crippen MR) is 184 cm³/mol. The van der Waals surface area contributed by atoms with Crippen molar-refractivity contribution >= 4 is 46.9 Å². The Bertz CT molecular complexity index is 2430. The van der Waals surface area contributed by atoms with Gasteiger partial charge in [0.25, 0.3) is 17.0 Å². The summed E-state index contributed by atoms with van der Waals surface area (Å²) in [5.74, 6) is -0.821. The second-order valence-electron chi connectivity index (χ2n) is 11.3. The highest BCUT2D eigenvalue weighted by Gasteiger charge is 2.28. The van der Waals surface area contributed by atoms with Crippen molar-refractivity contribution in [2.24, 2.45) is 5.10 Å². The van der Waals surface area contributed by atoms with E-state index in [0.29, 0.717) is 45.0 Å². The summed E-state index contributed by atoms with van der Waals surface area (Å²) in [5.41, 5.74) is 3.34. The number of nitrogens with zero attached hydrogens (tertiary/aromatic N) is 4. The van der Waals surface area contributed by atoms with Crippen LogP contribution in [0.15, 0.2) is 81.4 Å². The molecule has 14 heteroatoms. The number of fused-ring (bicyclic) bond motifs is 2.